The molecule has 0 atom stereocenters. The summed E-state index contributed by atoms with van der Waals surface area (Å²) in [4.78, 5) is 11.5. The number of nitriles is 1. The van der Waals surface area contributed by atoms with Gasteiger partial charge in [-0.25, -0.2) is 0 Å². The summed E-state index contributed by atoms with van der Waals surface area (Å²) in [6.45, 7) is 4.20. The zero-order chi connectivity index (χ0) is 12.8. The number of nitrogens with zero attached hydrogens (tertiary/aromatic N) is 1. The van der Waals surface area contributed by atoms with Gasteiger partial charge in [0.25, 0.3) is 0 Å². The Morgan fingerprint density at radius 3 is 2.65 bits per heavy atom. The monoisotopic (exact) mass is 343 g/mol. The zero-order valence-electron chi connectivity index (χ0n) is 9.92. The lowest BCUT2D eigenvalue weighted by Gasteiger charge is -2.09. The van der Waals surface area contributed by atoms with E-state index in [1.54, 1.807) is 13.0 Å². The number of carbonyl (C=O) groups excluding carboxylic acids is 1. The Hall–Kier alpha value is -1.09. The van der Waals surface area contributed by atoms with Crippen molar-refractivity contribution < 1.29 is 9.53 Å². The van der Waals surface area contributed by atoms with Crippen LogP contribution in [0.25, 0.3) is 0 Å². The molecule has 0 saturated heterocycles. The van der Waals surface area contributed by atoms with Gasteiger partial charge in [-0.2, -0.15) is 5.26 Å². The summed E-state index contributed by atoms with van der Waals surface area (Å²) < 4.78 is 5.85. The molecule has 4 heteroatoms. The zero-order valence-corrected chi connectivity index (χ0v) is 12.1. The van der Waals surface area contributed by atoms with Crippen molar-refractivity contribution in [2.24, 2.45) is 0 Å². The van der Waals surface area contributed by atoms with E-state index in [4.69, 9.17) is 10.00 Å². The third-order valence-electron chi connectivity index (χ3n) is 2.43. The molecule has 0 aromatic heterocycles. The minimum absolute atomic E-state index is 0.239. The fourth-order valence-electron chi connectivity index (χ4n) is 1.61. The molecule has 0 unspecified atom stereocenters. The average molecular weight is 343 g/mol. The SMILES string of the molecule is CCOC(=O)Cc1cc(C#N)c(I)cc1CC. The number of ether oxygens (including phenoxy) is 1. The van der Waals surface area contributed by atoms with Crippen LogP contribution < -0.4 is 0 Å². The van der Waals surface area contributed by atoms with Gasteiger partial charge in [0.2, 0.25) is 0 Å². The molecule has 0 heterocycles. The minimum Gasteiger partial charge on any atom is -0.466 e. The van der Waals surface area contributed by atoms with Crippen LogP contribution in [0.2, 0.25) is 0 Å². The maximum atomic E-state index is 11.5. The van der Waals surface area contributed by atoms with Gasteiger partial charge in [0.1, 0.15) is 6.07 Å². The Bertz CT molecular complexity index is 463. The van der Waals surface area contributed by atoms with E-state index in [1.807, 2.05) is 13.0 Å². The van der Waals surface area contributed by atoms with Gasteiger partial charge >= 0.3 is 5.97 Å². The molecule has 0 N–H and O–H groups in total. The highest BCUT2D eigenvalue weighted by Crippen LogP contribution is 2.20. The second-order valence-corrected chi connectivity index (χ2v) is 4.71. The van der Waals surface area contributed by atoms with Gasteiger partial charge in [0.05, 0.1) is 18.6 Å². The summed E-state index contributed by atoms with van der Waals surface area (Å²) in [7, 11) is 0. The Labute approximate surface area is 115 Å². The maximum Gasteiger partial charge on any atom is 0.310 e. The normalized spacial score (nSPS) is 9.76. The highest BCUT2D eigenvalue weighted by Gasteiger charge is 2.11. The smallest absolute Gasteiger partial charge is 0.310 e. The van der Waals surface area contributed by atoms with Crippen LogP contribution in [0.1, 0.15) is 30.5 Å². The van der Waals surface area contributed by atoms with E-state index in [-0.39, 0.29) is 12.4 Å². The molecule has 90 valence electrons. The summed E-state index contributed by atoms with van der Waals surface area (Å²) in [5.41, 5.74) is 2.60. The summed E-state index contributed by atoms with van der Waals surface area (Å²) in [6.07, 6.45) is 1.08. The van der Waals surface area contributed by atoms with Gasteiger partial charge in [-0.3, -0.25) is 4.79 Å². The molecule has 0 spiro atoms. The second-order valence-electron chi connectivity index (χ2n) is 3.55. The Morgan fingerprint density at radius 2 is 2.12 bits per heavy atom. The Morgan fingerprint density at radius 1 is 1.41 bits per heavy atom. The first kappa shape index (κ1) is 14.0. The molecule has 0 fully saturated rings. The lowest BCUT2D eigenvalue weighted by atomic mass is 10.00. The fraction of sp³-hybridized carbons (Fsp3) is 0.385. The Balaban J connectivity index is 3.05. The molecular formula is C13H14INO2. The third-order valence-corrected chi connectivity index (χ3v) is 3.32. The molecular weight excluding hydrogens is 329 g/mol. The first-order valence-electron chi connectivity index (χ1n) is 5.49. The first-order valence-corrected chi connectivity index (χ1v) is 6.57. The quantitative estimate of drug-likeness (QED) is 0.624. The number of benzene rings is 1. The number of rotatable bonds is 4. The van der Waals surface area contributed by atoms with E-state index in [0.717, 1.165) is 21.1 Å². The molecule has 17 heavy (non-hydrogen) atoms. The van der Waals surface area contributed by atoms with Crippen molar-refractivity contribution in [3.05, 3.63) is 32.4 Å². The van der Waals surface area contributed by atoms with Crippen molar-refractivity contribution in [2.75, 3.05) is 6.61 Å². The van der Waals surface area contributed by atoms with Crippen molar-refractivity contribution in [3.8, 4) is 6.07 Å². The van der Waals surface area contributed by atoms with Crippen LogP contribution in [0.5, 0.6) is 0 Å². The molecule has 0 amide bonds. The predicted molar refractivity (Wildman–Crippen MR) is 73.6 cm³/mol. The molecule has 0 aliphatic carbocycles. The highest BCUT2D eigenvalue weighted by molar-refractivity contribution is 14.1. The number of hydrogen-bond donors (Lipinski definition) is 0. The molecule has 1 aromatic rings. The van der Waals surface area contributed by atoms with E-state index in [9.17, 15) is 4.79 Å². The summed E-state index contributed by atoms with van der Waals surface area (Å²) in [5, 5.41) is 8.97. The molecule has 0 radical (unpaired) electrons. The van der Waals surface area contributed by atoms with Crippen molar-refractivity contribution in [3.63, 3.8) is 0 Å². The first-order chi connectivity index (χ1) is 8.12. The maximum absolute atomic E-state index is 11.5. The number of carbonyl (C=O) groups is 1. The molecule has 0 aliphatic rings. The lowest BCUT2D eigenvalue weighted by Crippen LogP contribution is -2.09. The summed E-state index contributed by atoms with van der Waals surface area (Å²) >= 11 is 2.14. The fourth-order valence-corrected chi connectivity index (χ4v) is 2.26. The molecule has 0 bridgehead atoms. The highest BCUT2D eigenvalue weighted by atomic mass is 127. The van der Waals surface area contributed by atoms with Gasteiger partial charge in [-0.15, -0.1) is 0 Å². The number of halogens is 1. The van der Waals surface area contributed by atoms with E-state index >= 15 is 0 Å². The van der Waals surface area contributed by atoms with E-state index in [0.29, 0.717) is 12.2 Å². The van der Waals surface area contributed by atoms with Crippen molar-refractivity contribution >= 4 is 28.6 Å². The Kier molecular flexibility index (Phi) is 5.42. The van der Waals surface area contributed by atoms with Gasteiger partial charge in [0.15, 0.2) is 0 Å². The van der Waals surface area contributed by atoms with Crippen LogP contribution in [0.15, 0.2) is 12.1 Å². The number of hydrogen-bond acceptors (Lipinski definition) is 3. The topological polar surface area (TPSA) is 50.1 Å². The van der Waals surface area contributed by atoms with Gasteiger partial charge in [-0.1, -0.05) is 6.92 Å². The average Bonchev–Trinajstić information content (AvgIpc) is 2.31. The molecule has 3 nitrogen and oxygen atoms in total. The number of esters is 1. The van der Waals surface area contributed by atoms with E-state index < -0.39 is 0 Å². The van der Waals surface area contributed by atoms with Crippen LogP contribution in [0, 0.1) is 14.9 Å². The van der Waals surface area contributed by atoms with Gasteiger partial charge in [0, 0.05) is 3.57 Å². The minimum atomic E-state index is -0.243. The van der Waals surface area contributed by atoms with Crippen LogP contribution in [-0.2, 0) is 22.4 Å². The molecule has 0 aliphatic heterocycles. The standard InChI is InChI=1S/C13H14INO2/c1-3-9-6-12(14)11(8-15)5-10(9)7-13(16)17-4-2/h5-6H,3-4,7H2,1-2H3. The molecule has 1 aromatic carbocycles. The van der Waals surface area contributed by atoms with Gasteiger partial charge in [-0.05, 0) is 59.2 Å². The van der Waals surface area contributed by atoms with Crippen LogP contribution in [0.4, 0.5) is 0 Å². The van der Waals surface area contributed by atoms with Crippen molar-refractivity contribution in [2.45, 2.75) is 26.7 Å². The summed E-state index contributed by atoms with van der Waals surface area (Å²) in [5.74, 6) is -0.243. The van der Waals surface area contributed by atoms with Gasteiger partial charge < -0.3 is 4.74 Å². The van der Waals surface area contributed by atoms with E-state index in [2.05, 4.69) is 28.7 Å². The van der Waals surface area contributed by atoms with Crippen molar-refractivity contribution in [1.82, 2.24) is 0 Å². The molecule has 0 saturated carbocycles. The second kappa shape index (κ2) is 6.60. The largest absolute Gasteiger partial charge is 0.466 e. The number of aryl methyl sites for hydroxylation is 1. The molecule has 1 rings (SSSR count). The lowest BCUT2D eigenvalue weighted by molar-refractivity contribution is -0.142. The predicted octanol–water partition coefficient (Wildman–Crippen LogP) is 2.83. The van der Waals surface area contributed by atoms with E-state index in [1.165, 1.54) is 0 Å². The summed E-state index contributed by atoms with van der Waals surface area (Å²) in [6, 6.07) is 5.89. The van der Waals surface area contributed by atoms with Crippen LogP contribution in [-0.4, -0.2) is 12.6 Å². The van der Waals surface area contributed by atoms with Crippen molar-refractivity contribution in [1.29, 1.82) is 5.26 Å². The van der Waals surface area contributed by atoms with Crippen LogP contribution in [0.3, 0.4) is 0 Å². The van der Waals surface area contributed by atoms with Crippen LogP contribution >= 0.6 is 22.6 Å². The third kappa shape index (κ3) is 3.70.